The minimum Gasteiger partial charge on any atom is -0.500 e. The van der Waals surface area contributed by atoms with Crippen molar-refractivity contribution in [1.29, 1.82) is 0 Å². The molecule has 0 aliphatic rings. The van der Waals surface area contributed by atoms with Crippen LogP contribution in [0.25, 0.3) is 0 Å². The second-order valence-electron chi connectivity index (χ2n) is 2.12. The highest BCUT2D eigenvalue weighted by Crippen LogP contribution is 1.81. The van der Waals surface area contributed by atoms with Crippen molar-refractivity contribution >= 4 is 20.0 Å². The summed E-state index contributed by atoms with van der Waals surface area (Å²) in [5.74, 6) is 0. The van der Waals surface area contributed by atoms with Gasteiger partial charge < -0.3 is 3.79 Å². The van der Waals surface area contributed by atoms with E-state index in [2.05, 4.69) is 24.3 Å². The van der Waals surface area contributed by atoms with Gasteiger partial charge in [-0.05, 0) is 6.92 Å². The number of hydrogen-bond donors (Lipinski definition) is 0. The molecule has 0 bridgehead atoms. The van der Waals surface area contributed by atoms with Gasteiger partial charge in [-0.2, -0.15) is 0 Å². The van der Waals surface area contributed by atoms with Gasteiger partial charge in [-0.25, -0.2) is 0 Å². The Kier molecular flexibility index (Phi) is 3.53. The molecule has 1 nitrogen and oxygen atoms in total. The summed E-state index contributed by atoms with van der Waals surface area (Å²) in [6.07, 6.45) is 0. The average molecular weight is 150 g/mol. The highest BCUT2D eigenvalue weighted by atomic mass is 27.1. The van der Waals surface area contributed by atoms with E-state index < -0.39 is 15.6 Å². The Morgan fingerprint density at radius 1 is 1.30 bits per heavy atom. The minimum atomic E-state index is -0.411. The minimum absolute atomic E-state index is 0.411. The molecule has 0 aromatic heterocycles. The van der Waals surface area contributed by atoms with E-state index in [9.17, 15) is 0 Å². The van der Waals surface area contributed by atoms with Crippen molar-refractivity contribution in [3.05, 3.63) is 30.3 Å². The summed E-state index contributed by atoms with van der Waals surface area (Å²) in [6.45, 7) is 2.89. The summed E-state index contributed by atoms with van der Waals surface area (Å²) in [7, 11) is 0. The predicted octanol–water partition coefficient (Wildman–Crippen LogP) is 0.700. The fraction of sp³-hybridized carbons (Fsp3) is 0.250. The van der Waals surface area contributed by atoms with Gasteiger partial charge in [-0.15, -0.1) is 0 Å². The van der Waals surface area contributed by atoms with Crippen LogP contribution in [0.15, 0.2) is 30.3 Å². The molecular formula is C8H11AlO. The third-order valence-corrected chi connectivity index (χ3v) is 2.73. The van der Waals surface area contributed by atoms with E-state index in [-0.39, 0.29) is 0 Å². The van der Waals surface area contributed by atoms with E-state index in [0.29, 0.717) is 0 Å². The Balaban J connectivity index is 2.43. The smallest absolute Gasteiger partial charge is 0.477 e. The van der Waals surface area contributed by atoms with Gasteiger partial charge in [-0.1, -0.05) is 34.8 Å². The van der Waals surface area contributed by atoms with E-state index in [0.717, 1.165) is 6.61 Å². The van der Waals surface area contributed by atoms with Gasteiger partial charge >= 0.3 is 15.6 Å². The fourth-order valence-corrected chi connectivity index (χ4v) is 1.70. The Bertz CT molecular complexity index is 174. The van der Waals surface area contributed by atoms with Gasteiger partial charge in [0.05, 0.1) is 0 Å². The highest BCUT2D eigenvalue weighted by Gasteiger charge is 1.94. The zero-order valence-electron chi connectivity index (χ0n) is 6.21. The first-order valence-corrected chi connectivity index (χ1v) is 4.83. The van der Waals surface area contributed by atoms with Crippen LogP contribution < -0.4 is 4.43 Å². The molecule has 0 radical (unpaired) electrons. The van der Waals surface area contributed by atoms with Gasteiger partial charge in [0, 0.05) is 6.61 Å². The average Bonchev–Trinajstić information content (AvgIpc) is 2.03. The molecule has 0 N–H and O–H groups in total. The van der Waals surface area contributed by atoms with E-state index in [4.69, 9.17) is 3.79 Å². The topological polar surface area (TPSA) is 9.23 Å². The van der Waals surface area contributed by atoms with Crippen molar-refractivity contribution in [3.8, 4) is 0 Å². The summed E-state index contributed by atoms with van der Waals surface area (Å²) in [5.41, 5.74) is 0. The third kappa shape index (κ3) is 2.53. The zero-order valence-corrected chi connectivity index (χ0v) is 7.62. The molecule has 0 aliphatic heterocycles. The van der Waals surface area contributed by atoms with Crippen LogP contribution in [0.1, 0.15) is 6.92 Å². The van der Waals surface area contributed by atoms with Crippen molar-refractivity contribution in [3.63, 3.8) is 0 Å². The first-order valence-electron chi connectivity index (χ1n) is 3.55. The molecule has 1 aromatic carbocycles. The van der Waals surface area contributed by atoms with Crippen molar-refractivity contribution in [2.24, 2.45) is 0 Å². The first kappa shape index (κ1) is 7.82. The molecular weight excluding hydrogens is 139 g/mol. The van der Waals surface area contributed by atoms with E-state index in [1.54, 1.807) is 0 Å². The molecule has 2 heteroatoms. The SMILES string of the molecule is CC[O][AlH][c]1ccccc1. The predicted molar refractivity (Wildman–Crippen MR) is 44.9 cm³/mol. The quantitative estimate of drug-likeness (QED) is 0.576. The summed E-state index contributed by atoms with van der Waals surface area (Å²) < 4.78 is 6.74. The second-order valence-corrected chi connectivity index (χ2v) is 3.64. The lowest BCUT2D eigenvalue weighted by molar-refractivity contribution is 0.367. The lowest BCUT2D eigenvalue weighted by Gasteiger charge is -1.96. The zero-order chi connectivity index (χ0) is 7.23. The lowest BCUT2D eigenvalue weighted by atomic mass is 10.4. The van der Waals surface area contributed by atoms with Gasteiger partial charge in [-0.3, -0.25) is 0 Å². The second kappa shape index (κ2) is 4.52. The van der Waals surface area contributed by atoms with E-state index >= 15 is 0 Å². The van der Waals surface area contributed by atoms with Crippen LogP contribution in [0.3, 0.4) is 0 Å². The maximum atomic E-state index is 5.36. The molecule has 0 saturated heterocycles. The number of benzene rings is 1. The maximum Gasteiger partial charge on any atom is 0.477 e. The van der Waals surface area contributed by atoms with Crippen LogP contribution in [-0.4, -0.2) is 22.2 Å². The van der Waals surface area contributed by atoms with Crippen molar-refractivity contribution in [2.75, 3.05) is 6.61 Å². The number of rotatable bonds is 3. The molecule has 0 amide bonds. The molecule has 1 rings (SSSR count). The normalized spacial score (nSPS) is 9.30. The first-order chi connectivity index (χ1) is 4.93. The van der Waals surface area contributed by atoms with Crippen LogP contribution in [0.4, 0.5) is 0 Å². The standard InChI is InChI=1S/C6H5.C2H5O.Al.H/c1-2-4-6-5-3-1;1-2-3;;/h1-5H;2H2,1H3;;/q;-1;+1;. The van der Waals surface area contributed by atoms with Crippen LogP contribution in [0, 0.1) is 0 Å². The summed E-state index contributed by atoms with van der Waals surface area (Å²) in [4.78, 5) is 0. The molecule has 0 saturated carbocycles. The number of hydrogen-bond acceptors (Lipinski definition) is 1. The Morgan fingerprint density at radius 3 is 2.60 bits per heavy atom. The van der Waals surface area contributed by atoms with Crippen molar-refractivity contribution in [1.82, 2.24) is 0 Å². The van der Waals surface area contributed by atoms with Crippen LogP contribution >= 0.6 is 0 Å². The molecule has 0 aliphatic carbocycles. The van der Waals surface area contributed by atoms with Crippen molar-refractivity contribution in [2.45, 2.75) is 6.92 Å². The summed E-state index contributed by atoms with van der Waals surface area (Å²) in [6, 6.07) is 10.4. The van der Waals surface area contributed by atoms with Crippen LogP contribution in [0.2, 0.25) is 0 Å². The molecule has 10 heavy (non-hydrogen) atoms. The van der Waals surface area contributed by atoms with E-state index in [1.165, 1.54) is 4.43 Å². The molecule has 0 unspecified atom stereocenters. The van der Waals surface area contributed by atoms with Gasteiger partial charge in [0.1, 0.15) is 0 Å². The summed E-state index contributed by atoms with van der Waals surface area (Å²) >= 11 is -0.411. The molecule has 52 valence electrons. The Hall–Kier alpha value is -0.288. The van der Waals surface area contributed by atoms with Crippen LogP contribution in [0.5, 0.6) is 0 Å². The fourth-order valence-electron chi connectivity index (χ4n) is 0.794. The highest BCUT2D eigenvalue weighted by molar-refractivity contribution is 6.46. The summed E-state index contributed by atoms with van der Waals surface area (Å²) in [5, 5.41) is 0. The van der Waals surface area contributed by atoms with Crippen molar-refractivity contribution < 1.29 is 3.79 Å². The van der Waals surface area contributed by atoms with E-state index in [1.807, 2.05) is 13.0 Å². The molecule has 0 heterocycles. The van der Waals surface area contributed by atoms with Gasteiger partial charge in [0.2, 0.25) is 0 Å². The van der Waals surface area contributed by atoms with Crippen LogP contribution in [-0.2, 0) is 3.79 Å². The molecule has 0 atom stereocenters. The molecule has 0 spiro atoms. The molecule has 1 aromatic rings. The lowest BCUT2D eigenvalue weighted by Crippen LogP contribution is -2.16. The Morgan fingerprint density at radius 2 is 2.00 bits per heavy atom. The van der Waals surface area contributed by atoms with Gasteiger partial charge in [0.25, 0.3) is 0 Å². The van der Waals surface area contributed by atoms with Gasteiger partial charge in [0.15, 0.2) is 0 Å². The third-order valence-electron chi connectivity index (χ3n) is 1.32. The Labute approximate surface area is 68.1 Å². The molecule has 0 fully saturated rings. The monoisotopic (exact) mass is 150 g/mol. The largest absolute Gasteiger partial charge is 0.500 e. The maximum absolute atomic E-state index is 5.36.